The average molecular weight is 526 g/mol. The fourth-order valence-corrected chi connectivity index (χ4v) is 3.50. The van der Waals surface area contributed by atoms with Gasteiger partial charge in [0.1, 0.15) is 22.7 Å². The molecule has 0 aliphatic carbocycles. The van der Waals surface area contributed by atoms with E-state index in [9.17, 15) is 0 Å². The summed E-state index contributed by atoms with van der Waals surface area (Å²) in [6, 6.07) is 42.8. The van der Waals surface area contributed by atoms with Crippen molar-refractivity contribution in [2.45, 2.75) is 0 Å². The molecular weight excluding hydrogens is 505 g/mol. The number of benzene rings is 4. The Kier molecular flexibility index (Phi) is 21.3. The van der Waals surface area contributed by atoms with Gasteiger partial charge in [-0.3, -0.25) is 19.2 Å². The molecule has 0 unspecified atom stereocenters. The van der Waals surface area contributed by atoms with Crippen LogP contribution in [0.25, 0.3) is 0 Å². The molecule has 0 bridgehead atoms. The number of hydrogen-bond donors (Lipinski definition) is 1. The molecule has 4 aromatic carbocycles. The fraction of sp³-hybridized carbons (Fsp3) is 0. The zero-order chi connectivity index (χ0) is 27.7. The Hall–Kier alpha value is -4.21. The minimum absolute atomic E-state index is 0.559. The van der Waals surface area contributed by atoms with Gasteiger partial charge in [-0.2, -0.15) is 4.48 Å². The van der Waals surface area contributed by atoms with Crippen molar-refractivity contribution in [3.63, 3.8) is 0 Å². The molecule has 0 heterocycles. The van der Waals surface area contributed by atoms with Gasteiger partial charge in [0.15, 0.2) is 0 Å². The number of quaternary nitrogens is 1. The third-order valence-corrected chi connectivity index (χ3v) is 4.57. The first-order valence-corrected chi connectivity index (χ1v) is 10.5. The molecule has 0 aromatic heterocycles. The molecule has 36 heavy (non-hydrogen) atoms. The van der Waals surface area contributed by atoms with Crippen molar-refractivity contribution in [2.24, 2.45) is 0 Å². The Labute approximate surface area is 217 Å². The maximum Gasteiger partial charge on any atom is 0.148 e. The second-order valence-corrected chi connectivity index (χ2v) is 6.26. The third-order valence-electron chi connectivity index (χ3n) is 4.57. The Morgan fingerprint density at radius 3 is 0.694 bits per heavy atom. The molecule has 1 N–H and O–H groups in total. The van der Waals surface area contributed by atoms with Crippen molar-refractivity contribution in [1.82, 2.24) is 4.48 Å². The first-order chi connectivity index (χ1) is 17.8. The maximum atomic E-state index is 8.45. The van der Waals surface area contributed by atoms with Crippen LogP contribution in [-0.2, 0) is 38.0 Å². The summed E-state index contributed by atoms with van der Waals surface area (Å²) < 4.78 is 16.0. The van der Waals surface area contributed by atoms with E-state index in [-0.39, 0.29) is 0 Å². The predicted octanol–water partition coefficient (Wildman–Crippen LogP) is 4.72. The van der Waals surface area contributed by atoms with Crippen LogP contribution in [0.5, 0.6) is 0 Å². The molecule has 0 spiro atoms. The van der Waals surface area contributed by atoms with E-state index in [1.165, 1.54) is 22.7 Å². The normalized spacial score (nSPS) is 8.81. The Morgan fingerprint density at radius 1 is 0.417 bits per heavy atom. The van der Waals surface area contributed by atoms with Gasteiger partial charge in [0.05, 0.1) is 0 Å². The number of carbonyl (C=O) groups excluding carboxylic acids is 4. The summed E-state index contributed by atoms with van der Waals surface area (Å²) in [5.41, 5.74) is 4.86. The van der Waals surface area contributed by atoms with E-state index in [0.29, 0.717) is 4.48 Å². The molecule has 7 nitrogen and oxygen atoms in total. The van der Waals surface area contributed by atoms with Crippen LogP contribution in [0.4, 0.5) is 22.7 Å². The molecule has 0 fully saturated rings. The van der Waals surface area contributed by atoms with Gasteiger partial charge in [0.2, 0.25) is 0 Å². The minimum atomic E-state index is -0.812. The zero-order valence-electron chi connectivity index (χ0n) is 18.8. The van der Waals surface area contributed by atoms with Crippen molar-refractivity contribution in [2.75, 3.05) is 0 Å². The largest absolute Gasteiger partial charge is 0.194 e. The standard InChI is InChI=1S/C24H20N.4CO.Co.H2O.O/c1-5-13-21(14-6-1)25(22-15-7-2-8-16-22,23-17-9-3-10-18-23)24-19-11-4-12-20-24;4*1-2;;;/h1-20H;;;;;;1H2;/q+1;;;;;;;/p-1. The zero-order valence-corrected chi connectivity index (χ0v) is 19.9. The van der Waals surface area contributed by atoms with Crippen LogP contribution in [0.1, 0.15) is 0 Å². The first-order valence-electron chi connectivity index (χ1n) is 9.64. The summed E-state index contributed by atoms with van der Waals surface area (Å²) in [5, 5.41) is 0. The average Bonchev–Trinajstić information content (AvgIpc) is 3.00. The summed E-state index contributed by atoms with van der Waals surface area (Å²) in [6.45, 7) is 18.0. The van der Waals surface area contributed by atoms with E-state index < -0.39 is 15.0 Å². The third kappa shape index (κ3) is 9.20. The van der Waals surface area contributed by atoms with Gasteiger partial charge in [-0.1, -0.05) is 72.8 Å². The summed E-state index contributed by atoms with van der Waals surface area (Å²) in [6.07, 6.45) is 0. The second kappa shape index (κ2) is 22.6. The molecule has 4 aromatic rings. The molecule has 0 amide bonds. The molecule has 8 heteroatoms. The van der Waals surface area contributed by atoms with Gasteiger partial charge < -0.3 is 0 Å². The summed E-state index contributed by atoms with van der Waals surface area (Å²) >= 11 is -0.812. The molecule has 183 valence electrons. The van der Waals surface area contributed by atoms with Crippen molar-refractivity contribution >= 4 is 49.9 Å². The van der Waals surface area contributed by atoms with E-state index in [1.807, 2.05) is 0 Å². The molecule has 4 rings (SSSR count). The van der Waals surface area contributed by atoms with Crippen molar-refractivity contribution in [1.29, 1.82) is 0 Å². The van der Waals surface area contributed by atoms with Crippen LogP contribution >= 0.6 is 0 Å². The monoisotopic (exact) mass is 526 g/mol. The Balaban J connectivity index is 0. The van der Waals surface area contributed by atoms with Gasteiger partial charge >= 0.3 is 23.0 Å². The molecule has 0 saturated carbocycles. The van der Waals surface area contributed by atoms with E-state index in [1.54, 1.807) is 0 Å². The Morgan fingerprint density at radius 2 is 0.556 bits per heavy atom. The van der Waals surface area contributed by atoms with E-state index in [2.05, 4.69) is 148 Å². The smallest absolute Gasteiger partial charge is 0.148 e. The van der Waals surface area contributed by atoms with Gasteiger partial charge in [0, 0.05) is 48.5 Å². The predicted molar refractivity (Wildman–Crippen MR) is 132 cm³/mol. The Bertz CT molecular complexity index is 883. The quantitative estimate of drug-likeness (QED) is 0.386. The van der Waals surface area contributed by atoms with E-state index in [0.717, 1.165) is 0 Å². The molecule has 0 aliphatic rings. The van der Waals surface area contributed by atoms with E-state index in [4.69, 9.17) is 27.3 Å². The topological polar surface area (TPSA) is 106 Å². The number of para-hydroxylation sites is 4. The van der Waals surface area contributed by atoms with Crippen LogP contribution < -0.4 is 4.48 Å². The number of hydrogen-bond acceptors (Lipinski definition) is 5. The van der Waals surface area contributed by atoms with Crippen molar-refractivity contribution in [3.8, 4) is 0 Å². The molecule has 0 aliphatic heterocycles. The van der Waals surface area contributed by atoms with Gasteiger partial charge in [-0.15, -0.1) is 0 Å². The van der Waals surface area contributed by atoms with Crippen molar-refractivity contribution < 1.29 is 42.2 Å². The summed E-state index contributed by atoms with van der Waals surface area (Å²) in [7, 11) is 0. The maximum absolute atomic E-state index is 8.45. The summed E-state index contributed by atoms with van der Waals surface area (Å²) in [4.78, 5) is 30.0. The molecule has 8 radical (unpaired) electrons. The van der Waals surface area contributed by atoms with E-state index >= 15 is 0 Å². The molecule has 0 saturated heterocycles. The van der Waals surface area contributed by atoms with Crippen LogP contribution in [-0.4, -0.2) is 31.4 Å². The second-order valence-electron chi connectivity index (χ2n) is 6.07. The van der Waals surface area contributed by atoms with Gasteiger partial charge in [-0.05, 0) is 0 Å². The minimum Gasteiger partial charge on any atom is -0.194 e. The van der Waals surface area contributed by atoms with Crippen LogP contribution in [0, 0.1) is 0 Å². The van der Waals surface area contributed by atoms with Gasteiger partial charge in [0.25, 0.3) is 27.2 Å². The SMILES string of the molecule is [C]=O.[C]=O.[C]=O.[C]=O.[O]=[Co-][OH].c1ccc([N+](c2ccccc2)(c2ccccc2)c2ccccc2)cc1. The first kappa shape index (κ1) is 34.0. The van der Waals surface area contributed by atoms with Crippen LogP contribution in [0.15, 0.2) is 121 Å². The van der Waals surface area contributed by atoms with Crippen LogP contribution in [0.2, 0.25) is 0 Å². The molecule has 0 atom stereocenters. The number of nitrogens with zero attached hydrogens (tertiary/aromatic N) is 1. The summed E-state index contributed by atoms with van der Waals surface area (Å²) in [5.74, 6) is 0. The van der Waals surface area contributed by atoms with Gasteiger partial charge in [-0.25, -0.2) is 0 Å². The number of rotatable bonds is 4. The fourth-order valence-electron chi connectivity index (χ4n) is 3.50. The van der Waals surface area contributed by atoms with Crippen LogP contribution in [0.3, 0.4) is 0 Å². The van der Waals surface area contributed by atoms with Crippen molar-refractivity contribution in [3.05, 3.63) is 121 Å². The molecular formula is C28H21CoNO6.